The molecular formula is C19H29NO3. The number of carbonyl (C=O) groups excluding carboxylic acids is 1. The smallest absolute Gasteiger partial charge is 0.220 e. The van der Waals surface area contributed by atoms with Crippen molar-refractivity contribution in [2.24, 2.45) is 5.92 Å². The van der Waals surface area contributed by atoms with E-state index in [9.17, 15) is 4.79 Å². The minimum atomic E-state index is 0.0904. The van der Waals surface area contributed by atoms with Gasteiger partial charge in [-0.2, -0.15) is 0 Å². The number of ether oxygens (including phenoxy) is 2. The van der Waals surface area contributed by atoms with E-state index < -0.39 is 0 Å². The zero-order chi connectivity index (χ0) is 17.1. The third-order valence-electron chi connectivity index (χ3n) is 3.48. The molecule has 4 heteroatoms. The number of nitrogens with one attached hydrogen (secondary N) is 1. The number of amides is 1. The zero-order valence-electron chi connectivity index (χ0n) is 14.7. The Balaban J connectivity index is 2.28. The van der Waals surface area contributed by atoms with Gasteiger partial charge < -0.3 is 14.8 Å². The highest BCUT2D eigenvalue weighted by Gasteiger charge is 2.06. The van der Waals surface area contributed by atoms with E-state index in [0.717, 1.165) is 24.8 Å². The van der Waals surface area contributed by atoms with E-state index in [2.05, 4.69) is 31.3 Å². The minimum absolute atomic E-state index is 0.0904. The maximum atomic E-state index is 11.8. The Hall–Kier alpha value is -1.97. The van der Waals surface area contributed by atoms with Gasteiger partial charge in [-0.1, -0.05) is 32.1 Å². The second-order valence-electron chi connectivity index (χ2n) is 5.88. The largest absolute Gasteiger partial charge is 0.493 e. The molecule has 23 heavy (non-hydrogen) atoms. The van der Waals surface area contributed by atoms with Crippen LogP contribution in [-0.4, -0.2) is 20.1 Å². The van der Waals surface area contributed by atoms with Gasteiger partial charge in [0.05, 0.1) is 14.2 Å². The number of rotatable bonds is 10. The predicted molar refractivity (Wildman–Crippen MR) is 93.8 cm³/mol. The zero-order valence-corrected chi connectivity index (χ0v) is 14.7. The van der Waals surface area contributed by atoms with E-state index in [4.69, 9.17) is 9.47 Å². The number of hydrogen-bond donors (Lipinski definition) is 1. The molecule has 1 aromatic carbocycles. The van der Waals surface area contributed by atoms with E-state index in [1.54, 1.807) is 14.2 Å². The van der Waals surface area contributed by atoms with Gasteiger partial charge in [0, 0.05) is 13.0 Å². The molecule has 0 aliphatic rings. The number of hydrogen-bond acceptors (Lipinski definition) is 3. The third-order valence-corrected chi connectivity index (χ3v) is 3.48. The Morgan fingerprint density at radius 1 is 1.17 bits per heavy atom. The summed E-state index contributed by atoms with van der Waals surface area (Å²) in [6.45, 7) is 4.84. The summed E-state index contributed by atoms with van der Waals surface area (Å²) >= 11 is 0. The van der Waals surface area contributed by atoms with Crippen LogP contribution in [0, 0.1) is 5.92 Å². The summed E-state index contributed by atoms with van der Waals surface area (Å²) in [5.74, 6) is 2.06. The highest BCUT2D eigenvalue weighted by atomic mass is 16.5. The Morgan fingerprint density at radius 3 is 2.57 bits per heavy atom. The first kappa shape index (κ1) is 19.1. The fourth-order valence-electron chi connectivity index (χ4n) is 2.20. The van der Waals surface area contributed by atoms with Crippen molar-refractivity contribution in [1.29, 1.82) is 0 Å². The van der Waals surface area contributed by atoms with Crippen LogP contribution < -0.4 is 14.8 Å². The Labute approximate surface area is 139 Å². The summed E-state index contributed by atoms with van der Waals surface area (Å²) in [4.78, 5) is 11.8. The first-order valence-electron chi connectivity index (χ1n) is 8.21. The molecule has 0 saturated carbocycles. The van der Waals surface area contributed by atoms with Crippen LogP contribution in [0.4, 0.5) is 0 Å². The van der Waals surface area contributed by atoms with Crippen molar-refractivity contribution >= 4 is 5.91 Å². The van der Waals surface area contributed by atoms with Gasteiger partial charge in [-0.05, 0) is 42.9 Å². The molecule has 1 N–H and O–H groups in total. The lowest BCUT2D eigenvalue weighted by Gasteiger charge is -2.10. The molecule has 0 aromatic heterocycles. The molecule has 0 spiro atoms. The fraction of sp³-hybridized carbons (Fsp3) is 0.526. The van der Waals surface area contributed by atoms with Crippen molar-refractivity contribution in [2.45, 2.75) is 46.1 Å². The molecule has 0 aliphatic carbocycles. The second kappa shape index (κ2) is 10.7. The van der Waals surface area contributed by atoms with Crippen molar-refractivity contribution in [3.63, 3.8) is 0 Å². The van der Waals surface area contributed by atoms with Crippen LogP contribution in [0.2, 0.25) is 0 Å². The summed E-state index contributed by atoms with van der Waals surface area (Å²) in [5.41, 5.74) is 0.996. The Morgan fingerprint density at radius 2 is 1.91 bits per heavy atom. The molecule has 1 rings (SSSR count). The highest BCUT2D eigenvalue weighted by Crippen LogP contribution is 2.27. The SMILES string of the molecule is COc1ccc(CNC(=O)CCCC/C=C\C(C)C)cc1OC. The average Bonchev–Trinajstić information content (AvgIpc) is 2.55. The molecule has 0 saturated heterocycles. The van der Waals surface area contributed by atoms with Crippen LogP contribution in [-0.2, 0) is 11.3 Å². The molecule has 0 heterocycles. The van der Waals surface area contributed by atoms with Gasteiger partial charge in [-0.3, -0.25) is 4.79 Å². The Kier molecular flexibility index (Phi) is 8.88. The van der Waals surface area contributed by atoms with Gasteiger partial charge in [0.15, 0.2) is 11.5 Å². The van der Waals surface area contributed by atoms with Crippen LogP contribution in [0.3, 0.4) is 0 Å². The first-order valence-corrected chi connectivity index (χ1v) is 8.21. The van der Waals surface area contributed by atoms with Crippen molar-refractivity contribution in [3.05, 3.63) is 35.9 Å². The molecule has 1 aromatic rings. The molecule has 1 amide bonds. The molecule has 0 atom stereocenters. The van der Waals surface area contributed by atoms with E-state index in [-0.39, 0.29) is 5.91 Å². The van der Waals surface area contributed by atoms with Crippen LogP contribution in [0.25, 0.3) is 0 Å². The molecule has 4 nitrogen and oxygen atoms in total. The van der Waals surface area contributed by atoms with Crippen molar-refractivity contribution in [1.82, 2.24) is 5.32 Å². The second-order valence-corrected chi connectivity index (χ2v) is 5.88. The predicted octanol–water partition coefficient (Wildman–Crippen LogP) is 4.09. The van der Waals surface area contributed by atoms with Crippen LogP contribution in [0.1, 0.15) is 45.1 Å². The summed E-state index contributed by atoms with van der Waals surface area (Å²) in [5, 5.41) is 2.94. The summed E-state index contributed by atoms with van der Waals surface area (Å²) in [7, 11) is 3.21. The van der Waals surface area contributed by atoms with Gasteiger partial charge in [0.2, 0.25) is 5.91 Å². The first-order chi connectivity index (χ1) is 11.1. The minimum Gasteiger partial charge on any atom is -0.493 e. The van der Waals surface area contributed by atoms with Crippen LogP contribution >= 0.6 is 0 Å². The van der Waals surface area contributed by atoms with E-state index in [1.807, 2.05) is 18.2 Å². The lowest BCUT2D eigenvalue weighted by molar-refractivity contribution is -0.121. The van der Waals surface area contributed by atoms with E-state index >= 15 is 0 Å². The van der Waals surface area contributed by atoms with Gasteiger partial charge in [0.1, 0.15) is 0 Å². The molecule has 128 valence electrons. The van der Waals surface area contributed by atoms with Gasteiger partial charge in [0.25, 0.3) is 0 Å². The van der Waals surface area contributed by atoms with Crippen LogP contribution in [0.15, 0.2) is 30.4 Å². The summed E-state index contributed by atoms with van der Waals surface area (Å²) in [6.07, 6.45) is 7.99. The summed E-state index contributed by atoms with van der Waals surface area (Å²) < 4.78 is 10.5. The monoisotopic (exact) mass is 319 g/mol. The van der Waals surface area contributed by atoms with Crippen molar-refractivity contribution in [3.8, 4) is 11.5 Å². The molecule has 0 fully saturated rings. The fourth-order valence-corrected chi connectivity index (χ4v) is 2.20. The van der Waals surface area contributed by atoms with Gasteiger partial charge >= 0.3 is 0 Å². The van der Waals surface area contributed by atoms with Gasteiger partial charge in [-0.15, -0.1) is 0 Å². The molecule has 0 bridgehead atoms. The number of methoxy groups -OCH3 is 2. The number of allylic oxidation sites excluding steroid dienone is 2. The maximum absolute atomic E-state index is 11.8. The quantitative estimate of drug-likeness (QED) is 0.522. The van der Waals surface area contributed by atoms with Crippen LogP contribution in [0.5, 0.6) is 11.5 Å². The maximum Gasteiger partial charge on any atom is 0.220 e. The number of carbonyl (C=O) groups is 1. The number of benzene rings is 1. The van der Waals surface area contributed by atoms with Crippen molar-refractivity contribution < 1.29 is 14.3 Å². The van der Waals surface area contributed by atoms with Gasteiger partial charge in [-0.25, -0.2) is 0 Å². The molecule has 0 radical (unpaired) electrons. The van der Waals surface area contributed by atoms with Crippen molar-refractivity contribution in [2.75, 3.05) is 14.2 Å². The topological polar surface area (TPSA) is 47.6 Å². The summed E-state index contributed by atoms with van der Waals surface area (Å²) in [6, 6.07) is 5.66. The standard InChI is InChI=1S/C19H29NO3/c1-15(2)9-7-5-6-8-10-19(21)20-14-16-11-12-17(22-3)18(13-16)23-4/h7,9,11-13,15H,5-6,8,10,14H2,1-4H3,(H,20,21)/b9-7-. The molecular weight excluding hydrogens is 290 g/mol. The normalized spacial score (nSPS) is 11.0. The van der Waals surface area contributed by atoms with E-state index in [1.165, 1.54) is 0 Å². The Bertz CT molecular complexity index is 509. The average molecular weight is 319 g/mol. The molecule has 0 unspecified atom stereocenters. The molecule has 0 aliphatic heterocycles. The highest BCUT2D eigenvalue weighted by molar-refractivity contribution is 5.75. The lowest BCUT2D eigenvalue weighted by atomic mass is 10.1. The number of unbranched alkanes of at least 4 members (excludes halogenated alkanes) is 2. The lowest BCUT2D eigenvalue weighted by Crippen LogP contribution is -2.22. The third kappa shape index (κ3) is 7.73. The van der Waals surface area contributed by atoms with E-state index in [0.29, 0.717) is 30.4 Å².